The van der Waals surface area contributed by atoms with E-state index in [0.717, 1.165) is 94.3 Å². The zero-order chi connectivity index (χ0) is 42.9. The van der Waals surface area contributed by atoms with Gasteiger partial charge >= 0.3 is 6.09 Å². The van der Waals surface area contributed by atoms with Crippen LogP contribution >= 0.6 is 31.9 Å². The molecule has 0 unspecified atom stereocenters. The summed E-state index contributed by atoms with van der Waals surface area (Å²) in [6.07, 6.45) is 20.9. The van der Waals surface area contributed by atoms with Crippen molar-refractivity contribution in [1.82, 2.24) is 39.2 Å². The van der Waals surface area contributed by atoms with Crippen molar-refractivity contribution in [3.63, 3.8) is 0 Å². The van der Waals surface area contributed by atoms with Crippen molar-refractivity contribution in [3.05, 3.63) is 105 Å². The van der Waals surface area contributed by atoms with Crippen molar-refractivity contribution in [1.29, 1.82) is 0 Å². The van der Waals surface area contributed by atoms with Crippen molar-refractivity contribution < 1.29 is 19.7 Å². The number of aromatic nitrogens is 8. The molecule has 6 aromatic heterocycles. The van der Waals surface area contributed by atoms with Crippen LogP contribution in [0.25, 0.3) is 11.3 Å². The summed E-state index contributed by atoms with van der Waals surface area (Å²) in [7, 11) is 0. The van der Waals surface area contributed by atoms with Gasteiger partial charge in [-0.2, -0.15) is 19.2 Å². The molecule has 324 valence electrons. The lowest BCUT2D eigenvalue weighted by molar-refractivity contribution is 0.0575. The highest BCUT2D eigenvalue weighted by Crippen LogP contribution is 2.35. The number of aliphatic hydroxyl groups excluding tert-OH is 2. The third-order valence-corrected chi connectivity index (χ3v) is 12.8. The highest BCUT2D eigenvalue weighted by molar-refractivity contribution is 9.11. The van der Waals surface area contributed by atoms with Crippen molar-refractivity contribution in [3.8, 4) is 0 Å². The van der Waals surface area contributed by atoms with E-state index in [1.165, 1.54) is 12.8 Å². The van der Waals surface area contributed by atoms with Crippen LogP contribution in [0.4, 0.5) is 16.4 Å². The van der Waals surface area contributed by atoms with E-state index < -0.39 is 11.7 Å². The van der Waals surface area contributed by atoms with Crippen LogP contribution in [0.3, 0.4) is 0 Å². The van der Waals surface area contributed by atoms with Crippen molar-refractivity contribution in [2.75, 3.05) is 23.4 Å². The molecule has 6 aromatic rings. The first kappa shape index (κ1) is 44.5. The monoisotopic (exact) mass is 958 g/mol. The summed E-state index contributed by atoms with van der Waals surface area (Å²) in [6, 6.07) is 11.8. The van der Waals surface area contributed by atoms with Gasteiger partial charge in [0.1, 0.15) is 17.2 Å². The first-order valence-corrected chi connectivity index (χ1v) is 22.9. The molecular formula is C45H56Br2N10O4. The third kappa shape index (κ3) is 11.5. The zero-order valence-corrected chi connectivity index (χ0v) is 38.3. The molecule has 14 nitrogen and oxygen atoms in total. The Morgan fingerprint density at radius 1 is 0.770 bits per heavy atom. The smallest absolute Gasteiger partial charge is 0.416 e. The number of pyridine rings is 2. The molecule has 2 aliphatic rings. The lowest BCUT2D eigenvalue weighted by atomic mass is 9.77. The minimum absolute atomic E-state index is 0.196. The van der Waals surface area contributed by atoms with Crippen LogP contribution in [-0.4, -0.2) is 74.3 Å². The fourth-order valence-corrected chi connectivity index (χ4v) is 9.23. The predicted molar refractivity (Wildman–Crippen MR) is 242 cm³/mol. The average Bonchev–Trinajstić information content (AvgIpc) is 3.83. The third-order valence-electron chi connectivity index (χ3n) is 11.6. The Morgan fingerprint density at radius 2 is 1.30 bits per heavy atom. The van der Waals surface area contributed by atoms with Crippen LogP contribution in [0.15, 0.2) is 82.5 Å². The van der Waals surface area contributed by atoms with Gasteiger partial charge in [0.05, 0.1) is 27.9 Å². The Hall–Kier alpha value is -4.51. The normalized spacial score (nSPS) is 19.3. The Morgan fingerprint density at radius 3 is 1.84 bits per heavy atom. The molecule has 0 aromatic carbocycles. The summed E-state index contributed by atoms with van der Waals surface area (Å²) >= 11 is 7.12. The van der Waals surface area contributed by atoms with E-state index in [9.17, 15) is 15.0 Å². The van der Waals surface area contributed by atoms with Crippen LogP contribution in [-0.2, 0) is 30.7 Å². The predicted octanol–water partition coefficient (Wildman–Crippen LogP) is 9.01. The van der Waals surface area contributed by atoms with Gasteiger partial charge in [0, 0.05) is 68.1 Å². The Kier molecular flexibility index (Phi) is 15.0. The summed E-state index contributed by atoms with van der Waals surface area (Å²) < 4.78 is 10.9. The number of halogens is 2. The number of carbonyl (C=O) groups excluding carboxylic acids is 1. The maximum atomic E-state index is 13.4. The molecule has 16 heteroatoms. The number of ether oxygens (including phenoxy) is 1. The number of nitrogens with one attached hydrogen (secondary N) is 1. The lowest BCUT2D eigenvalue weighted by Gasteiger charge is -2.30. The molecule has 4 atom stereocenters. The molecule has 8 rings (SSSR count). The van der Waals surface area contributed by atoms with Gasteiger partial charge in [0.2, 0.25) is 0 Å². The molecule has 2 saturated carbocycles. The Balaban J connectivity index is 0.000000189. The van der Waals surface area contributed by atoms with Gasteiger partial charge in [-0.05, 0) is 138 Å². The van der Waals surface area contributed by atoms with E-state index in [-0.39, 0.29) is 25.7 Å². The topological polar surface area (TPSA) is 168 Å². The maximum absolute atomic E-state index is 13.4. The number of fused-ring (bicyclic) bond motifs is 2. The Labute approximate surface area is 373 Å². The second kappa shape index (κ2) is 20.6. The largest absolute Gasteiger partial charge is 0.443 e. The molecule has 0 saturated heterocycles. The van der Waals surface area contributed by atoms with E-state index in [4.69, 9.17) is 14.7 Å². The number of rotatable bonds is 12. The average molecular weight is 961 g/mol. The van der Waals surface area contributed by atoms with E-state index >= 15 is 0 Å². The molecule has 0 aliphatic heterocycles. The van der Waals surface area contributed by atoms with Crippen molar-refractivity contribution in [2.24, 2.45) is 23.7 Å². The van der Waals surface area contributed by atoms with Gasteiger partial charge in [-0.15, -0.1) is 0 Å². The minimum Gasteiger partial charge on any atom is -0.443 e. The standard InChI is InChI=1S/C25H32BrN5O3.C20H24BrN5O/c1-25(2,3)34-24(33)30(15-17-7-6-10-27-13-17)22-12-20(29-23-21(26)14-28-31(22)23)11-18-8-4-5-9-19(18)16-32;21-18-12-24-26-19(23-11-14-4-3-7-22-10-14)9-17(25-20(18)26)8-15-5-1-2-6-16(15)13-27/h6-7,10,12-14,18-19,32H,4-5,8-9,11,15-16H2,1-3H3;3-4,7,9-10,12,15-16,23,27H,1-2,5-6,8,11,13H2/t18-,19+;15-,16+/m00/s1. The molecule has 61 heavy (non-hydrogen) atoms. The quantitative estimate of drug-likeness (QED) is 0.107. The molecular weight excluding hydrogens is 904 g/mol. The van der Waals surface area contributed by atoms with E-state index in [1.807, 2.05) is 61.8 Å². The van der Waals surface area contributed by atoms with E-state index in [0.29, 0.717) is 35.8 Å². The molecule has 1 amide bonds. The second-order valence-electron chi connectivity index (χ2n) is 17.2. The number of hydrogen-bond acceptors (Lipinski definition) is 11. The SMILES string of the molecule is CC(C)(C)OC(=O)N(Cc1cccnc1)c1cc(C[C@@H]2CCCC[C@@H]2CO)nc2c(Br)cnn12.OC[C@H]1CCCC[C@H]1Cc1cc(NCc2cccnc2)n2ncc(Br)c2n1. The zero-order valence-electron chi connectivity index (χ0n) is 35.1. The first-order chi connectivity index (χ1) is 29.5. The summed E-state index contributed by atoms with van der Waals surface area (Å²) in [5.74, 6) is 3.02. The van der Waals surface area contributed by atoms with Crippen LogP contribution in [0.5, 0.6) is 0 Å². The molecule has 2 fully saturated rings. The number of carbonyl (C=O) groups is 1. The lowest BCUT2D eigenvalue weighted by Crippen LogP contribution is -2.37. The fraction of sp³-hybridized carbons (Fsp3) is 0.489. The van der Waals surface area contributed by atoms with Crippen LogP contribution in [0, 0.1) is 23.7 Å². The molecule has 0 bridgehead atoms. The van der Waals surface area contributed by atoms with Crippen molar-refractivity contribution in [2.45, 2.75) is 104 Å². The van der Waals surface area contributed by atoms with Crippen LogP contribution < -0.4 is 10.2 Å². The summed E-state index contributed by atoms with van der Waals surface area (Å²) in [6.45, 7) is 6.97. The van der Waals surface area contributed by atoms with Crippen LogP contribution in [0.1, 0.15) is 94.7 Å². The highest BCUT2D eigenvalue weighted by atomic mass is 79.9. The van der Waals surface area contributed by atoms with Gasteiger partial charge in [0.15, 0.2) is 11.3 Å². The van der Waals surface area contributed by atoms with Crippen LogP contribution in [0.2, 0.25) is 0 Å². The molecule has 0 radical (unpaired) electrons. The Bertz CT molecular complexity index is 2350. The second-order valence-corrected chi connectivity index (χ2v) is 18.9. The molecule has 0 spiro atoms. The first-order valence-electron chi connectivity index (χ1n) is 21.3. The highest BCUT2D eigenvalue weighted by Gasteiger charge is 2.30. The van der Waals surface area contributed by atoms with Gasteiger partial charge in [-0.3, -0.25) is 14.9 Å². The summed E-state index contributed by atoms with van der Waals surface area (Å²) in [5, 5.41) is 32.0. The van der Waals surface area contributed by atoms with E-state index in [2.05, 4.69) is 63.4 Å². The number of amides is 1. The van der Waals surface area contributed by atoms with Gasteiger partial charge < -0.3 is 20.3 Å². The van der Waals surface area contributed by atoms with E-state index in [1.54, 1.807) is 40.4 Å². The fourth-order valence-electron chi connectivity index (χ4n) is 8.53. The number of anilines is 2. The van der Waals surface area contributed by atoms with Gasteiger partial charge in [-0.1, -0.05) is 37.8 Å². The summed E-state index contributed by atoms with van der Waals surface area (Å²) in [4.78, 5) is 33.0. The molecule has 2 aliphatic carbocycles. The van der Waals surface area contributed by atoms with Gasteiger partial charge in [0.25, 0.3) is 0 Å². The maximum Gasteiger partial charge on any atom is 0.416 e. The van der Waals surface area contributed by atoms with Gasteiger partial charge in [-0.25, -0.2) is 14.8 Å². The minimum atomic E-state index is -0.652. The number of nitrogens with zero attached hydrogens (tertiary/aromatic N) is 9. The number of aliphatic hydroxyl groups is 2. The molecule has 6 heterocycles. The summed E-state index contributed by atoms with van der Waals surface area (Å²) in [5.41, 5.74) is 4.71. The molecule has 3 N–H and O–H groups in total. The number of hydrogen-bond donors (Lipinski definition) is 3. The van der Waals surface area contributed by atoms with Crippen molar-refractivity contribution >= 4 is 60.9 Å².